The number of hydrogen-bond donors (Lipinski definition) is 1. The maximum absolute atomic E-state index is 4.74. The Balaban J connectivity index is 1.66. The summed E-state index contributed by atoms with van der Waals surface area (Å²) in [6, 6.07) is 21.1. The highest BCUT2D eigenvalue weighted by Crippen LogP contribution is 2.29. The number of nitrogens with zero attached hydrogens (tertiary/aromatic N) is 2. The van der Waals surface area contributed by atoms with Crippen molar-refractivity contribution < 1.29 is 0 Å². The van der Waals surface area contributed by atoms with E-state index in [1.165, 1.54) is 22.1 Å². The van der Waals surface area contributed by atoms with E-state index in [1.807, 2.05) is 18.5 Å². The summed E-state index contributed by atoms with van der Waals surface area (Å²) in [5.74, 6) is 0.883. The first kappa shape index (κ1) is 18.2. The van der Waals surface area contributed by atoms with Gasteiger partial charge in [-0.15, -0.1) is 0 Å². The SMILES string of the molecule is CC(C)(C)c1ccc(Nc2ncc(Cc3cccnc3)c3ccccc23)cc1. The molecule has 2 aromatic heterocycles. The van der Waals surface area contributed by atoms with E-state index in [2.05, 4.69) is 85.7 Å². The molecule has 0 saturated heterocycles. The van der Waals surface area contributed by atoms with Crippen molar-refractivity contribution in [1.29, 1.82) is 0 Å². The lowest BCUT2D eigenvalue weighted by Gasteiger charge is -2.19. The first-order chi connectivity index (χ1) is 13.5. The average molecular weight is 367 g/mol. The molecule has 4 aromatic rings. The van der Waals surface area contributed by atoms with Crippen molar-refractivity contribution in [2.45, 2.75) is 32.6 Å². The Morgan fingerprint density at radius 3 is 2.25 bits per heavy atom. The van der Waals surface area contributed by atoms with E-state index in [4.69, 9.17) is 4.98 Å². The van der Waals surface area contributed by atoms with Crippen molar-refractivity contribution in [1.82, 2.24) is 9.97 Å². The second-order valence-corrected chi connectivity index (χ2v) is 8.17. The van der Waals surface area contributed by atoms with E-state index in [0.717, 1.165) is 23.3 Å². The standard InChI is InChI=1S/C25H25N3/c1-25(2,3)20-10-12-21(13-11-20)28-24-23-9-5-4-8-22(23)19(17-27-24)15-18-7-6-14-26-16-18/h4-14,16-17H,15H2,1-3H3,(H,27,28). The predicted octanol–water partition coefficient (Wildman–Crippen LogP) is 6.26. The highest BCUT2D eigenvalue weighted by molar-refractivity contribution is 5.95. The van der Waals surface area contributed by atoms with Crippen LogP contribution in [-0.4, -0.2) is 9.97 Å². The number of benzene rings is 2. The summed E-state index contributed by atoms with van der Waals surface area (Å²) in [5.41, 5.74) is 4.91. The Labute approximate surface area is 166 Å². The Morgan fingerprint density at radius 2 is 1.57 bits per heavy atom. The molecule has 0 atom stereocenters. The predicted molar refractivity (Wildman–Crippen MR) is 117 cm³/mol. The quantitative estimate of drug-likeness (QED) is 0.462. The van der Waals surface area contributed by atoms with Gasteiger partial charge < -0.3 is 5.32 Å². The van der Waals surface area contributed by atoms with Crippen LogP contribution in [0.5, 0.6) is 0 Å². The van der Waals surface area contributed by atoms with Gasteiger partial charge in [0, 0.05) is 36.1 Å². The molecule has 3 nitrogen and oxygen atoms in total. The molecular weight excluding hydrogens is 342 g/mol. The minimum atomic E-state index is 0.150. The Hall–Kier alpha value is -3.20. The van der Waals surface area contributed by atoms with Crippen LogP contribution in [0.4, 0.5) is 11.5 Å². The van der Waals surface area contributed by atoms with Gasteiger partial charge in [-0.25, -0.2) is 4.98 Å². The lowest BCUT2D eigenvalue weighted by Crippen LogP contribution is -2.10. The summed E-state index contributed by atoms with van der Waals surface area (Å²) in [6.45, 7) is 6.68. The lowest BCUT2D eigenvalue weighted by atomic mass is 9.87. The van der Waals surface area contributed by atoms with Crippen molar-refractivity contribution in [3.05, 3.63) is 95.9 Å². The maximum atomic E-state index is 4.74. The molecule has 28 heavy (non-hydrogen) atoms. The van der Waals surface area contributed by atoms with Gasteiger partial charge in [0.05, 0.1) is 0 Å². The van der Waals surface area contributed by atoms with Crippen LogP contribution in [0.3, 0.4) is 0 Å². The van der Waals surface area contributed by atoms with Crippen molar-refractivity contribution in [3.8, 4) is 0 Å². The number of anilines is 2. The van der Waals surface area contributed by atoms with Gasteiger partial charge >= 0.3 is 0 Å². The van der Waals surface area contributed by atoms with Gasteiger partial charge in [-0.1, -0.05) is 63.2 Å². The lowest BCUT2D eigenvalue weighted by molar-refractivity contribution is 0.590. The van der Waals surface area contributed by atoms with Crippen LogP contribution in [0.1, 0.15) is 37.5 Å². The van der Waals surface area contributed by atoms with Gasteiger partial charge in [0.25, 0.3) is 0 Å². The third-order valence-corrected chi connectivity index (χ3v) is 5.01. The molecule has 0 amide bonds. The fourth-order valence-corrected chi connectivity index (χ4v) is 3.40. The first-order valence-electron chi connectivity index (χ1n) is 9.64. The second-order valence-electron chi connectivity index (χ2n) is 8.17. The Morgan fingerprint density at radius 1 is 0.821 bits per heavy atom. The molecule has 4 rings (SSSR count). The summed E-state index contributed by atoms with van der Waals surface area (Å²) in [6.07, 6.45) is 6.51. The minimum Gasteiger partial charge on any atom is -0.340 e. The minimum absolute atomic E-state index is 0.150. The third kappa shape index (κ3) is 3.89. The maximum Gasteiger partial charge on any atom is 0.138 e. The van der Waals surface area contributed by atoms with Crippen LogP contribution in [0.15, 0.2) is 79.3 Å². The largest absolute Gasteiger partial charge is 0.340 e. The van der Waals surface area contributed by atoms with Gasteiger partial charge in [0.1, 0.15) is 5.82 Å². The van der Waals surface area contributed by atoms with Crippen molar-refractivity contribution in [2.24, 2.45) is 0 Å². The fraction of sp³-hybridized carbons (Fsp3) is 0.200. The number of nitrogens with one attached hydrogen (secondary N) is 1. The summed E-state index contributed by atoms with van der Waals surface area (Å²) >= 11 is 0. The molecule has 0 radical (unpaired) electrons. The molecule has 2 aromatic carbocycles. The number of fused-ring (bicyclic) bond motifs is 1. The normalized spacial score (nSPS) is 11.5. The molecule has 0 unspecified atom stereocenters. The highest BCUT2D eigenvalue weighted by atomic mass is 15.0. The second kappa shape index (κ2) is 7.43. The Kier molecular flexibility index (Phi) is 4.82. The monoisotopic (exact) mass is 367 g/mol. The Bertz CT molecular complexity index is 1080. The van der Waals surface area contributed by atoms with E-state index in [9.17, 15) is 0 Å². The van der Waals surface area contributed by atoms with Gasteiger partial charge in [-0.2, -0.15) is 0 Å². The number of rotatable bonds is 4. The zero-order chi connectivity index (χ0) is 19.6. The molecule has 0 aliphatic rings. The average Bonchev–Trinajstić information content (AvgIpc) is 2.70. The van der Waals surface area contributed by atoms with Gasteiger partial charge in [-0.05, 0) is 45.7 Å². The van der Waals surface area contributed by atoms with E-state index in [0.29, 0.717) is 0 Å². The molecule has 0 fully saturated rings. The molecule has 2 heterocycles. The van der Waals surface area contributed by atoms with Crippen LogP contribution in [0.25, 0.3) is 10.8 Å². The summed E-state index contributed by atoms with van der Waals surface area (Å²) < 4.78 is 0. The van der Waals surface area contributed by atoms with Crippen LogP contribution < -0.4 is 5.32 Å². The molecule has 0 aliphatic carbocycles. The zero-order valence-electron chi connectivity index (χ0n) is 16.6. The van der Waals surface area contributed by atoms with Crippen LogP contribution in [-0.2, 0) is 11.8 Å². The molecular formula is C25H25N3. The fourth-order valence-electron chi connectivity index (χ4n) is 3.40. The number of hydrogen-bond acceptors (Lipinski definition) is 3. The summed E-state index contributed by atoms with van der Waals surface area (Å²) in [7, 11) is 0. The topological polar surface area (TPSA) is 37.8 Å². The van der Waals surface area contributed by atoms with E-state index in [1.54, 1.807) is 6.20 Å². The van der Waals surface area contributed by atoms with Crippen molar-refractivity contribution >= 4 is 22.3 Å². The molecule has 0 saturated carbocycles. The first-order valence-corrected chi connectivity index (χ1v) is 9.64. The van der Waals surface area contributed by atoms with E-state index >= 15 is 0 Å². The molecule has 140 valence electrons. The molecule has 0 aliphatic heterocycles. The van der Waals surface area contributed by atoms with Gasteiger partial charge in [0.2, 0.25) is 0 Å². The van der Waals surface area contributed by atoms with Gasteiger partial charge in [0.15, 0.2) is 0 Å². The van der Waals surface area contributed by atoms with Crippen molar-refractivity contribution in [2.75, 3.05) is 5.32 Å². The summed E-state index contributed by atoms with van der Waals surface area (Å²) in [4.78, 5) is 8.96. The smallest absolute Gasteiger partial charge is 0.138 e. The third-order valence-electron chi connectivity index (χ3n) is 5.01. The van der Waals surface area contributed by atoms with Crippen LogP contribution in [0, 0.1) is 0 Å². The number of aromatic nitrogens is 2. The number of pyridine rings is 2. The molecule has 0 spiro atoms. The summed E-state index contributed by atoms with van der Waals surface area (Å²) in [5, 5.41) is 5.84. The van der Waals surface area contributed by atoms with Crippen molar-refractivity contribution in [3.63, 3.8) is 0 Å². The highest BCUT2D eigenvalue weighted by Gasteiger charge is 2.13. The molecule has 0 bridgehead atoms. The van der Waals surface area contributed by atoms with Crippen LogP contribution in [0.2, 0.25) is 0 Å². The molecule has 3 heteroatoms. The zero-order valence-corrected chi connectivity index (χ0v) is 16.6. The van der Waals surface area contributed by atoms with Crippen LogP contribution >= 0.6 is 0 Å². The van der Waals surface area contributed by atoms with E-state index in [-0.39, 0.29) is 5.41 Å². The van der Waals surface area contributed by atoms with E-state index < -0.39 is 0 Å². The van der Waals surface area contributed by atoms with Gasteiger partial charge in [-0.3, -0.25) is 4.98 Å². The molecule has 1 N–H and O–H groups in total.